The summed E-state index contributed by atoms with van der Waals surface area (Å²) in [5.74, 6) is 0. The predicted octanol–water partition coefficient (Wildman–Crippen LogP) is 1.12. The predicted molar refractivity (Wildman–Crippen MR) is 64.9 cm³/mol. The number of nitrogens with two attached hydrogens (primary N) is 1. The van der Waals surface area contributed by atoms with Crippen molar-refractivity contribution >= 4 is 0 Å². The SMILES string of the molecule is Cn1ccc(CN(CCN)C2CCCC2)n1. The van der Waals surface area contributed by atoms with Crippen LogP contribution in [0.3, 0.4) is 0 Å². The highest BCUT2D eigenvalue weighted by Crippen LogP contribution is 2.24. The zero-order valence-electron chi connectivity index (χ0n) is 10.1. The molecule has 16 heavy (non-hydrogen) atoms. The van der Waals surface area contributed by atoms with E-state index in [0.29, 0.717) is 0 Å². The summed E-state index contributed by atoms with van der Waals surface area (Å²) in [5.41, 5.74) is 6.84. The maximum atomic E-state index is 5.69. The van der Waals surface area contributed by atoms with E-state index < -0.39 is 0 Å². The Morgan fingerprint density at radius 1 is 1.50 bits per heavy atom. The van der Waals surface area contributed by atoms with E-state index >= 15 is 0 Å². The van der Waals surface area contributed by atoms with Gasteiger partial charge in [-0.3, -0.25) is 9.58 Å². The van der Waals surface area contributed by atoms with Gasteiger partial charge in [-0.15, -0.1) is 0 Å². The van der Waals surface area contributed by atoms with Crippen LogP contribution in [0.25, 0.3) is 0 Å². The molecule has 1 aliphatic rings. The van der Waals surface area contributed by atoms with Gasteiger partial charge in [-0.25, -0.2) is 0 Å². The number of hydrogen-bond donors (Lipinski definition) is 1. The van der Waals surface area contributed by atoms with Crippen LogP contribution in [-0.2, 0) is 13.6 Å². The largest absolute Gasteiger partial charge is 0.329 e. The molecule has 90 valence electrons. The van der Waals surface area contributed by atoms with Gasteiger partial charge in [0, 0.05) is 38.9 Å². The molecule has 0 radical (unpaired) electrons. The van der Waals surface area contributed by atoms with Crippen molar-refractivity contribution in [2.24, 2.45) is 12.8 Å². The van der Waals surface area contributed by atoms with E-state index in [0.717, 1.165) is 31.4 Å². The first-order valence-corrected chi connectivity index (χ1v) is 6.22. The van der Waals surface area contributed by atoms with Gasteiger partial charge in [0.2, 0.25) is 0 Å². The van der Waals surface area contributed by atoms with Crippen molar-refractivity contribution in [1.29, 1.82) is 0 Å². The van der Waals surface area contributed by atoms with E-state index in [4.69, 9.17) is 5.73 Å². The van der Waals surface area contributed by atoms with Gasteiger partial charge in [0.1, 0.15) is 0 Å². The molecule has 0 bridgehead atoms. The van der Waals surface area contributed by atoms with E-state index in [1.54, 1.807) is 0 Å². The maximum absolute atomic E-state index is 5.69. The molecule has 0 unspecified atom stereocenters. The lowest BCUT2D eigenvalue weighted by Crippen LogP contribution is -2.36. The van der Waals surface area contributed by atoms with Gasteiger partial charge < -0.3 is 5.73 Å². The number of aryl methyl sites for hydroxylation is 1. The molecule has 1 aromatic heterocycles. The maximum Gasteiger partial charge on any atom is 0.0764 e. The summed E-state index contributed by atoms with van der Waals surface area (Å²) in [4.78, 5) is 2.50. The van der Waals surface area contributed by atoms with Gasteiger partial charge in [0.15, 0.2) is 0 Å². The zero-order valence-corrected chi connectivity index (χ0v) is 10.1. The first-order valence-electron chi connectivity index (χ1n) is 6.22. The summed E-state index contributed by atoms with van der Waals surface area (Å²) in [6.07, 6.45) is 7.40. The molecular weight excluding hydrogens is 200 g/mol. The highest BCUT2D eigenvalue weighted by atomic mass is 15.3. The first-order chi connectivity index (χ1) is 7.79. The van der Waals surface area contributed by atoms with Gasteiger partial charge in [0.05, 0.1) is 5.69 Å². The molecule has 1 saturated carbocycles. The third-order valence-corrected chi connectivity index (χ3v) is 3.39. The van der Waals surface area contributed by atoms with Crippen LogP contribution in [0, 0.1) is 0 Å². The van der Waals surface area contributed by atoms with Crippen LogP contribution in [0.4, 0.5) is 0 Å². The van der Waals surface area contributed by atoms with Crippen molar-refractivity contribution in [2.75, 3.05) is 13.1 Å². The molecule has 4 heteroatoms. The van der Waals surface area contributed by atoms with Crippen LogP contribution in [0.2, 0.25) is 0 Å². The Bertz CT molecular complexity index is 315. The van der Waals surface area contributed by atoms with Crippen LogP contribution in [0.1, 0.15) is 31.4 Å². The minimum atomic E-state index is 0.727. The Labute approximate surface area is 97.4 Å². The van der Waals surface area contributed by atoms with Crippen LogP contribution >= 0.6 is 0 Å². The smallest absolute Gasteiger partial charge is 0.0764 e. The Morgan fingerprint density at radius 3 is 2.81 bits per heavy atom. The molecule has 0 aromatic carbocycles. The van der Waals surface area contributed by atoms with Crippen LogP contribution < -0.4 is 5.73 Å². The molecule has 0 atom stereocenters. The number of nitrogens with zero attached hydrogens (tertiary/aromatic N) is 3. The molecule has 1 heterocycles. The fourth-order valence-electron chi connectivity index (χ4n) is 2.58. The van der Waals surface area contributed by atoms with E-state index in [1.807, 2.05) is 17.9 Å². The van der Waals surface area contributed by atoms with Crippen molar-refractivity contribution in [3.8, 4) is 0 Å². The van der Waals surface area contributed by atoms with Crippen molar-refractivity contribution < 1.29 is 0 Å². The summed E-state index contributed by atoms with van der Waals surface area (Å²) in [7, 11) is 1.96. The average molecular weight is 222 g/mol. The Hall–Kier alpha value is -0.870. The van der Waals surface area contributed by atoms with E-state index in [-0.39, 0.29) is 0 Å². The topological polar surface area (TPSA) is 47.1 Å². The first kappa shape index (κ1) is 11.6. The van der Waals surface area contributed by atoms with E-state index in [2.05, 4.69) is 16.1 Å². The van der Waals surface area contributed by atoms with Crippen molar-refractivity contribution in [2.45, 2.75) is 38.3 Å². The second-order valence-corrected chi connectivity index (χ2v) is 4.68. The van der Waals surface area contributed by atoms with E-state index in [1.165, 1.54) is 25.7 Å². The third-order valence-electron chi connectivity index (χ3n) is 3.39. The summed E-state index contributed by atoms with van der Waals surface area (Å²) < 4.78 is 1.87. The highest BCUT2D eigenvalue weighted by Gasteiger charge is 2.22. The van der Waals surface area contributed by atoms with Gasteiger partial charge in [-0.1, -0.05) is 12.8 Å². The molecule has 0 aliphatic heterocycles. The minimum absolute atomic E-state index is 0.727. The quantitative estimate of drug-likeness (QED) is 0.812. The molecule has 0 spiro atoms. The van der Waals surface area contributed by atoms with Gasteiger partial charge in [0.25, 0.3) is 0 Å². The van der Waals surface area contributed by atoms with E-state index in [9.17, 15) is 0 Å². The molecule has 1 aromatic rings. The van der Waals surface area contributed by atoms with Gasteiger partial charge in [-0.05, 0) is 18.9 Å². The number of hydrogen-bond acceptors (Lipinski definition) is 3. The summed E-state index contributed by atoms with van der Waals surface area (Å²) in [5, 5.41) is 4.44. The van der Waals surface area contributed by atoms with Crippen molar-refractivity contribution in [1.82, 2.24) is 14.7 Å². The van der Waals surface area contributed by atoms with Gasteiger partial charge in [-0.2, -0.15) is 5.10 Å². The fourth-order valence-corrected chi connectivity index (χ4v) is 2.58. The van der Waals surface area contributed by atoms with Crippen LogP contribution in [0.5, 0.6) is 0 Å². The number of rotatable bonds is 5. The Morgan fingerprint density at radius 2 is 2.25 bits per heavy atom. The molecule has 0 saturated heterocycles. The second-order valence-electron chi connectivity index (χ2n) is 4.68. The average Bonchev–Trinajstić information content (AvgIpc) is 2.88. The molecule has 2 rings (SSSR count). The molecule has 2 N–H and O–H groups in total. The normalized spacial score (nSPS) is 17.4. The Balaban J connectivity index is 1.96. The van der Waals surface area contributed by atoms with Crippen molar-refractivity contribution in [3.63, 3.8) is 0 Å². The molecule has 1 aliphatic carbocycles. The number of aromatic nitrogens is 2. The molecule has 1 fully saturated rings. The minimum Gasteiger partial charge on any atom is -0.329 e. The van der Waals surface area contributed by atoms with Crippen LogP contribution in [0.15, 0.2) is 12.3 Å². The van der Waals surface area contributed by atoms with Crippen LogP contribution in [-0.4, -0.2) is 33.8 Å². The molecular formula is C12H22N4. The summed E-state index contributed by atoms with van der Waals surface area (Å²) in [6.45, 7) is 2.67. The standard InChI is InChI=1S/C12H22N4/c1-15-8-6-11(14-15)10-16(9-7-13)12-4-2-3-5-12/h6,8,12H,2-5,7,9-10,13H2,1H3. The molecule has 4 nitrogen and oxygen atoms in total. The highest BCUT2D eigenvalue weighted by molar-refractivity contribution is 4.99. The van der Waals surface area contributed by atoms with Gasteiger partial charge >= 0.3 is 0 Å². The Kier molecular flexibility index (Phi) is 3.96. The lowest BCUT2D eigenvalue weighted by molar-refractivity contribution is 0.192. The third kappa shape index (κ3) is 2.83. The zero-order chi connectivity index (χ0) is 11.4. The summed E-state index contributed by atoms with van der Waals surface area (Å²) >= 11 is 0. The lowest BCUT2D eigenvalue weighted by atomic mass is 10.2. The second kappa shape index (κ2) is 5.46. The lowest BCUT2D eigenvalue weighted by Gasteiger charge is -2.27. The summed E-state index contributed by atoms with van der Waals surface area (Å²) in [6, 6.07) is 2.82. The fraction of sp³-hybridized carbons (Fsp3) is 0.750. The van der Waals surface area contributed by atoms with Crippen molar-refractivity contribution in [3.05, 3.63) is 18.0 Å². The monoisotopic (exact) mass is 222 g/mol. The molecule has 0 amide bonds.